The van der Waals surface area contributed by atoms with Crippen molar-refractivity contribution >= 4 is 78.6 Å². The van der Waals surface area contributed by atoms with Crippen LogP contribution in [0.25, 0.3) is 43.1 Å². The predicted molar refractivity (Wildman–Crippen MR) is 326 cm³/mol. The van der Waals surface area contributed by atoms with Gasteiger partial charge in [0.15, 0.2) is 33.0 Å². The number of carbonyl (C=O) groups is 4. The Morgan fingerprint density at radius 1 is 0.489 bits per heavy atom. The third-order valence-electron chi connectivity index (χ3n) is 13.1. The fraction of sp³-hybridized carbons (Fsp3) is 0.303. The minimum absolute atomic E-state index is 0. The Hall–Kier alpha value is -7.57. The summed E-state index contributed by atoms with van der Waals surface area (Å²) in [4.78, 5) is 45.1. The number of hydrogen-bond donors (Lipinski definition) is 4. The van der Waals surface area contributed by atoms with Crippen LogP contribution in [0, 0.1) is 0 Å². The Morgan fingerprint density at radius 2 is 0.852 bits per heavy atom. The van der Waals surface area contributed by atoms with Crippen molar-refractivity contribution in [2.75, 3.05) is 67.6 Å². The molecular formula is C66H72ClNaO20. The molecule has 0 radical (unpaired) electrons. The summed E-state index contributed by atoms with van der Waals surface area (Å²) in [7, 11) is 4.08. The summed E-state index contributed by atoms with van der Waals surface area (Å²) in [6, 6.07) is 42.1. The zero-order chi connectivity index (χ0) is 61.5. The number of phenolic OH excluding ortho intramolecular Hbond substituents is 1. The quantitative estimate of drug-likeness (QED) is 0.0259. The number of ether oxygens (including phenoxy) is 11. The largest absolute Gasteiger partial charge is 1.00 e. The SMILES string of the molecule is C1=COCCC1.COC(=O)c1ccc2cc(O)ccc2c1.COC(=O)c1ccc2cc(OCO)ccc2c1.COC(=O)c1ccc2cc(OCOC3CCCCO3)ccc2c1.O=C(O)c1ccc2cc(OCOC3CCCCO3)ccc2c1.OCCl.[Na+].[OH-]. The number of alkyl halides is 1. The second kappa shape index (κ2) is 40.1. The number of carboxylic acid groups (broad SMARTS) is 1. The van der Waals surface area contributed by atoms with Crippen LogP contribution in [0.15, 0.2) is 158 Å². The van der Waals surface area contributed by atoms with E-state index in [9.17, 15) is 24.3 Å². The van der Waals surface area contributed by atoms with Crippen LogP contribution in [0.2, 0.25) is 0 Å². The molecule has 0 spiro atoms. The summed E-state index contributed by atoms with van der Waals surface area (Å²) < 4.78 is 57.1. The zero-order valence-corrected chi connectivity index (χ0v) is 52.3. The molecule has 5 N–H and O–H groups in total. The van der Waals surface area contributed by atoms with Crippen molar-refractivity contribution < 1.29 is 127 Å². The number of methoxy groups -OCH3 is 3. The number of benzene rings is 8. The van der Waals surface area contributed by atoms with Gasteiger partial charge in [-0.25, -0.2) is 19.2 Å². The van der Waals surface area contributed by atoms with Gasteiger partial charge in [-0.2, -0.15) is 0 Å². The van der Waals surface area contributed by atoms with Crippen molar-refractivity contribution in [3.05, 3.63) is 180 Å². The van der Waals surface area contributed by atoms with E-state index >= 15 is 0 Å². The summed E-state index contributed by atoms with van der Waals surface area (Å²) in [5.74, 6) is 0.230. The molecule has 0 amide bonds. The van der Waals surface area contributed by atoms with Gasteiger partial charge in [-0.05, 0) is 198 Å². The molecule has 3 heterocycles. The molecule has 0 aliphatic carbocycles. The number of phenols is 1. The Kier molecular flexibility index (Phi) is 33.2. The van der Waals surface area contributed by atoms with Gasteiger partial charge in [-0.15, -0.1) is 0 Å². The number of aromatic carboxylic acids is 1. The Balaban J connectivity index is 0.000000240. The molecule has 2 fully saturated rings. The molecule has 0 aromatic heterocycles. The normalized spacial score (nSPS) is 14.5. The molecular weight excluding hydrogens is 1170 g/mol. The minimum Gasteiger partial charge on any atom is -0.870 e. The smallest absolute Gasteiger partial charge is 0.870 e. The molecule has 464 valence electrons. The number of rotatable bonds is 14. The monoisotopic (exact) mass is 1240 g/mol. The third-order valence-corrected chi connectivity index (χ3v) is 13.1. The number of allylic oxidation sites excluding steroid dienone is 1. The van der Waals surface area contributed by atoms with Gasteiger partial charge in [0.2, 0.25) is 0 Å². The van der Waals surface area contributed by atoms with E-state index in [2.05, 4.69) is 21.1 Å². The number of carboxylic acids is 1. The summed E-state index contributed by atoms with van der Waals surface area (Å²) in [5, 5.41) is 41.6. The number of aromatic hydroxyl groups is 1. The Morgan fingerprint density at radius 3 is 1.18 bits per heavy atom. The molecule has 22 heteroatoms. The van der Waals surface area contributed by atoms with Gasteiger partial charge in [-0.3, -0.25) is 0 Å². The first-order chi connectivity index (χ1) is 41.8. The summed E-state index contributed by atoms with van der Waals surface area (Å²) in [5.41, 5.74) is 1.83. The minimum atomic E-state index is -0.928. The van der Waals surface area contributed by atoms with Crippen molar-refractivity contribution in [2.45, 2.75) is 63.9 Å². The van der Waals surface area contributed by atoms with Gasteiger partial charge in [0.1, 0.15) is 29.1 Å². The van der Waals surface area contributed by atoms with Crippen LogP contribution in [-0.4, -0.2) is 130 Å². The fourth-order valence-corrected chi connectivity index (χ4v) is 8.65. The van der Waals surface area contributed by atoms with E-state index in [0.717, 1.165) is 107 Å². The van der Waals surface area contributed by atoms with Gasteiger partial charge in [0, 0.05) is 13.2 Å². The molecule has 8 aromatic carbocycles. The van der Waals surface area contributed by atoms with E-state index < -0.39 is 5.97 Å². The first kappa shape index (κ1) is 72.9. The Bertz CT molecular complexity index is 3470. The number of carbonyl (C=O) groups excluding carboxylic acids is 3. The zero-order valence-electron chi connectivity index (χ0n) is 49.5. The number of halogens is 1. The molecule has 2 atom stereocenters. The van der Waals surface area contributed by atoms with Gasteiger partial charge in [0.25, 0.3) is 0 Å². The molecule has 20 nitrogen and oxygen atoms in total. The van der Waals surface area contributed by atoms with Gasteiger partial charge in [-0.1, -0.05) is 60.1 Å². The van der Waals surface area contributed by atoms with E-state index in [4.69, 9.17) is 58.0 Å². The van der Waals surface area contributed by atoms with Crippen LogP contribution >= 0.6 is 11.6 Å². The van der Waals surface area contributed by atoms with Crippen LogP contribution in [0.3, 0.4) is 0 Å². The van der Waals surface area contributed by atoms with E-state index in [0.29, 0.717) is 28.2 Å². The van der Waals surface area contributed by atoms with E-state index in [1.54, 1.807) is 103 Å². The van der Waals surface area contributed by atoms with Crippen LogP contribution in [0.5, 0.6) is 23.0 Å². The van der Waals surface area contributed by atoms with E-state index in [1.165, 1.54) is 34.2 Å². The van der Waals surface area contributed by atoms with Gasteiger partial charge in [0.05, 0.1) is 56.5 Å². The average molecular weight is 1240 g/mol. The predicted octanol–water partition coefficient (Wildman–Crippen LogP) is 9.52. The number of aliphatic hydroxyl groups excluding tert-OH is 2. The molecule has 88 heavy (non-hydrogen) atoms. The molecule has 3 aliphatic rings. The first-order valence-corrected chi connectivity index (χ1v) is 28.1. The number of fused-ring (bicyclic) bond motifs is 4. The summed E-state index contributed by atoms with van der Waals surface area (Å²) in [6.45, 7) is 2.36. The van der Waals surface area contributed by atoms with Crippen LogP contribution in [0.1, 0.15) is 92.8 Å². The van der Waals surface area contributed by atoms with Gasteiger partial charge < -0.3 is 78.0 Å². The van der Waals surface area contributed by atoms with E-state index in [-0.39, 0.29) is 103 Å². The molecule has 0 saturated carbocycles. The standard InChI is InChI=1S/C18H20O5.C17H18O5.C13H12O4.C12H10O3.C5H8O.CH3ClO.Na.H2O/c1-20-18(19)15-6-5-14-11-16(8-7-13(14)10-15)22-12-23-17-4-2-3-9-21-17;18-17(19)14-5-4-13-10-15(7-6-12(13)9-14)21-11-22-16-3-1-2-8-20-16;1-16-13(15)11-3-2-10-7-12(17-8-14)5-4-9(10)6-11;1-15-12(14)10-3-2-9-7-11(13)5-4-8(9)6-10;1-2-4-6-5-3-1;2-1-3;;/h5-8,10-11,17H,2-4,9,12H2,1H3;4-7,9-10,16H,1-3,8,11H2,(H,18,19);2-7,14H,8H2,1H3;2-7,13H,1H3;2,4H,1,3,5H2;3H,1H2;;1H2/q;;;;;;+1;/p-1. The average Bonchev–Trinajstić information content (AvgIpc) is 2.81. The van der Waals surface area contributed by atoms with Crippen molar-refractivity contribution in [3.8, 4) is 23.0 Å². The first-order valence-electron chi connectivity index (χ1n) is 27.6. The Labute approximate surface area is 536 Å². The van der Waals surface area contributed by atoms with Crippen molar-refractivity contribution in [2.24, 2.45) is 0 Å². The molecule has 11 rings (SSSR count). The summed E-state index contributed by atoms with van der Waals surface area (Å²) >= 11 is 4.55. The number of hydrogen-bond acceptors (Lipinski definition) is 19. The van der Waals surface area contributed by atoms with Crippen LogP contribution in [-0.2, 0) is 37.9 Å². The van der Waals surface area contributed by atoms with Crippen LogP contribution < -0.4 is 43.8 Å². The maximum Gasteiger partial charge on any atom is 1.00 e. The molecule has 2 unspecified atom stereocenters. The van der Waals surface area contributed by atoms with Gasteiger partial charge >= 0.3 is 53.4 Å². The van der Waals surface area contributed by atoms with E-state index in [1.807, 2.05) is 54.6 Å². The molecule has 0 bridgehead atoms. The second-order valence-corrected chi connectivity index (χ2v) is 19.2. The fourth-order valence-electron chi connectivity index (χ4n) is 8.65. The number of esters is 3. The summed E-state index contributed by atoms with van der Waals surface area (Å²) in [6.07, 6.45) is 12.1. The molecule has 2 saturated heterocycles. The van der Waals surface area contributed by atoms with Crippen molar-refractivity contribution in [1.29, 1.82) is 0 Å². The third kappa shape index (κ3) is 24.2. The number of aliphatic hydroxyl groups is 2. The molecule has 3 aliphatic heterocycles. The molecule has 8 aromatic rings. The maximum absolute atomic E-state index is 11.5. The topological polar surface area (TPSA) is 281 Å². The second-order valence-electron chi connectivity index (χ2n) is 18.9. The van der Waals surface area contributed by atoms with Crippen molar-refractivity contribution in [1.82, 2.24) is 0 Å². The maximum atomic E-state index is 11.5. The van der Waals surface area contributed by atoms with Crippen LogP contribution in [0.4, 0.5) is 0 Å². The van der Waals surface area contributed by atoms with Crippen molar-refractivity contribution in [3.63, 3.8) is 0 Å².